The molecule has 0 heterocycles. The first kappa shape index (κ1) is 9.04. The molecule has 1 rings (SSSR count). The molecule has 0 radical (unpaired) electrons. The number of ether oxygens (including phenoxy) is 1. The molecule has 4 heteroatoms. The first-order valence-corrected chi connectivity index (χ1v) is 4.12. The molecule has 0 aliphatic heterocycles. The van der Waals surface area contributed by atoms with Gasteiger partial charge >= 0.3 is 7.62 Å². The number of hydrogen-bond donors (Lipinski definition) is 1. The highest BCUT2D eigenvalue weighted by Crippen LogP contribution is 2.20. The van der Waals surface area contributed by atoms with E-state index < -0.39 is 0 Å². The normalized spacial score (nSPS) is 30.7. The lowest BCUT2D eigenvalue weighted by Crippen LogP contribution is -2.31. The highest BCUT2D eigenvalue weighted by atomic mass is 16.5. The maximum atomic E-state index is 5.24. The van der Waals surface area contributed by atoms with Crippen molar-refractivity contribution in [1.29, 1.82) is 0 Å². The quantitative estimate of drug-likeness (QED) is 0.585. The summed E-state index contributed by atoms with van der Waals surface area (Å²) in [6, 6.07) is 0.597. The Balaban J connectivity index is 2.09. The Hall–Kier alpha value is -0.0551. The number of rotatable bonds is 4. The Labute approximate surface area is 68.7 Å². The zero-order chi connectivity index (χ0) is 8.10. The van der Waals surface area contributed by atoms with Crippen molar-refractivity contribution in [2.75, 3.05) is 14.2 Å². The minimum atomic E-state index is 0.462. The van der Waals surface area contributed by atoms with Crippen molar-refractivity contribution in [3.8, 4) is 0 Å². The Kier molecular flexibility index (Phi) is 3.90. The summed E-state index contributed by atoms with van der Waals surface area (Å²) < 4.78 is 10.2. The molecule has 11 heavy (non-hydrogen) atoms. The van der Waals surface area contributed by atoms with E-state index in [1.165, 1.54) is 12.8 Å². The Morgan fingerprint density at radius 3 is 2.73 bits per heavy atom. The lowest BCUT2D eigenvalue weighted by Gasteiger charge is -2.10. The molecule has 0 aromatic rings. The first-order chi connectivity index (χ1) is 5.36. The second-order valence-corrected chi connectivity index (χ2v) is 3.00. The molecule has 0 spiro atoms. The fourth-order valence-corrected chi connectivity index (χ4v) is 1.54. The molecule has 1 N–H and O–H groups in total. The minimum Gasteiger partial charge on any atom is -0.427 e. The minimum absolute atomic E-state index is 0.462. The van der Waals surface area contributed by atoms with Crippen molar-refractivity contribution >= 4 is 7.62 Å². The van der Waals surface area contributed by atoms with E-state index >= 15 is 0 Å². The van der Waals surface area contributed by atoms with Gasteiger partial charge in [0.05, 0.1) is 6.10 Å². The van der Waals surface area contributed by atoms with Crippen LogP contribution in [0.15, 0.2) is 0 Å². The molecule has 0 aromatic carbocycles. The topological polar surface area (TPSA) is 30.5 Å². The van der Waals surface area contributed by atoms with Gasteiger partial charge in [0.15, 0.2) is 0 Å². The molecule has 1 fully saturated rings. The van der Waals surface area contributed by atoms with Crippen molar-refractivity contribution in [1.82, 2.24) is 5.23 Å². The van der Waals surface area contributed by atoms with E-state index in [0.717, 1.165) is 6.42 Å². The molecule has 0 aromatic heterocycles. The predicted molar refractivity (Wildman–Crippen MR) is 45.7 cm³/mol. The molecule has 2 unspecified atom stereocenters. The predicted octanol–water partition coefficient (Wildman–Crippen LogP) is 0.0564. The molecule has 0 bridgehead atoms. The van der Waals surface area contributed by atoms with Gasteiger partial charge in [-0.15, -0.1) is 0 Å². The SMILES string of the molecule is COBNC1CCC(OC)C1. The highest BCUT2D eigenvalue weighted by molar-refractivity contribution is 6.23. The average molecular weight is 157 g/mol. The Morgan fingerprint density at radius 2 is 2.18 bits per heavy atom. The van der Waals surface area contributed by atoms with E-state index in [9.17, 15) is 0 Å². The summed E-state index contributed by atoms with van der Waals surface area (Å²) >= 11 is 0. The Bertz CT molecular complexity index is 113. The van der Waals surface area contributed by atoms with Gasteiger partial charge in [-0.05, 0) is 19.3 Å². The summed E-state index contributed by atoms with van der Waals surface area (Å²) in [6.07, 6.45) is 3.98. The fourth-order valence-electron chi connectivity index (χ4n) is 1.54. The van der Waals surface area contributed by atoms with E-state index in [0.29, 0.717) is 19.8 Å². The van der Waals surface area contributed by atoms with Crippen molar-refractivity contribution in [3.05, 3.63) is 0 Å². The third-order valence-corrected chi connectivity index (χ3v) is 2.23. The zero-order valence-electron chi connectivity index (χ0n) is 7.30. The summed E-state index contributed by atoms with van der Waals surface area (Å²) in [5.74, 6) is 0. The van der Waals surface area contributed by atoms with Crippen LogP contribution in [0.3, 0.4) is 0 Å². The molecule has 1 saturated carbocycles. The second-order valence-electron chi connectivity index (χ2n) is 3.00. The summed E-state index contributed by atoms with van der Waals surface area (Å²) in [5.41, 5.74) is 0. The maximum Gasteiger partial charge on any atom is 0.360 e. The van der Waals surface area contributed by atoms with Gasteiger partial charge in [-0.2, -0.15) is 0 Å². The fraction of sp³-hybridized carbons (Fsp3) is 1.00. The van der Waals surface area contributed by atoms with Gasteiger partial charge < -0.3 is 14.6 Å². The molecular weight excluding hydrogens is 141 g/mol. The summed E-state index contributed by atoms with van der Waals surface area (Å²) in [7, 11) is 4.14. The van der Waals surface area contributed by atoms with Crippen LogP contribution in [0.5, 0.6) is 0 Å². The van der Waals surface area contributed by atoms with Crippen LogP contribution in [0.4, 0.5) is 0 Å². The van der Waals surface area contributed by atoms with Gasteiger partial charge in [-0.3, -0.25) is 0 Å². The number of hydrogen-bond acceptors (Lipinski definition) is 3. The van der Waals surface area contributed by atoms with Crippen LogP contribution in [0.2, 0.25) is 0 Å². The second kappa shape index (κ2) is 4.75. The van der Waals surface area contributed by atoms with Crippen molar-refractivity contribution in [2.45, 2.75) is 31.4 Å². The number of nitrogens with one attached hydrogen (secondary N) is 1. The molecular formula is C7H16BNO2. The molecule has 1 aliphatic rings. The van der Waals surface area contributed by atoms with Crippen LogP contribution in [0.25, 0.3) is 0 Å². The van der Waals surface area contributed by atoms with E-state index in [2.05, 4.69) is 5.23 Å². The highest BCUT2D eigenvalue weighted by Gasteiger charge is 2.23. The lowest BCUT2D eigenvalue weighted by molar-refractivity contribution is 0.107. The van der Waals surface area contributed by atoms with Crippen LogP contribution >= 0.6 is 0 Å². The molecule has 0 amide bonds. The maximum absolute atomic E-state index is 5.24. The van der Waals surface area contributed by atoms with E-state index in [1.54, 1.807) is 14.2 Å². The largest absolute Gasteiger partial charge is 0.427 e. The monoisotopic (exact) mass is 157 g/mol. The smallest absolute Gasteiger partial charge is 0.360 e. The third kappa shape index (κ3) is 2.81. The standard InChI is InChI=1S/C7H16BNO2/c1-10-7-4-3-6(5-7)9-8-11-2/h6-9H,3-5H2,1-2H3. The van der Waals surface area contributed by atoms with Gasteiger partial charge in [-0.1, -0.05) is 0 Å². The van der Waals surface area contributed by atoms with Crippen LogP contribution in [0.1, 0.15) is 19.3 Å². The first-order valence-electron chi connectivity index (χ1n) is 4.12. The van der Waals surface area contributed by atoms with E-state index in [4.69, 9.17) is 9.39 Å². The van der Waals surface area contributed by atoms with Crippen molar-refractivity contribution in [3.63, 3.8) is 0 Å². The van der Waals surface area contributed by atoms with Crippen molar-refractivity contribution < 1.29 is 9.39 Å². The average Bonchev–Trinajstić information content (AvgIpc) is 2.48. The molecule has 1 aliphatic carbocycles. The van der Waals surface area contributed by atoms with Gasteiger partial charge in [0.25, 0.3) is 0 Å². The molecule has 2 atom stereocenters. The summed E-state index contributed by atoms with van der Waals surface area (Å²) in [5, 5.41) is 3.29. The van der Waals surface area contributed by atoms with Gasteiger partial charge in [0.2, 0.25) is 0 Å². The van der Waals surface area contributed by atoms with E-state index in [-0.39, 0.29) is 0 Å². The van der Waals surface area contributed by atoms with Crippen LogP contribution in [-0.4, -0.2) is 34.0 Å². The lowest BCUT2D eigenvalue weighted by atomic mass is 10.1. The molecule has 3 nitrogen and oxygen atoms in total. The van der Waals surface area contributed by atoms with E-state index in [1.807, 2.05) is 0 Å². The van der Waals surface area contributed by atoms with Crippen LogP contribution in [-0.2, 0) is 9.39 Å². The van der Waals surface area contributed by atoms with Gasteiger partial charge in [0, 0.05) is 20.3 Å². The Morgan fingerprint density at radius 1 is 1.36 bits per heavy atom. The summed E-state index contributed by atoms with van der Waals surface area (Å²) in [6.45, 7) is 0. The zero-order valence-corrected chi connectivity index (χ0v) is 7.30. The van der Waals surface area contributed by atoms with Crippen LogP contribution < -0.4 is 5.23 Å². The molecule has 0 saturated heterocycles. The van der Waals surface area contributed by atoms with Gasteiger partial charge in [0.1, 0.15) is 0 Å². The third-order valence-electron chi connectivity index (χ3n) is 2.23. The van der Waals surface area contributed by atoms with Gasteiger partial charge in [-0.25, -0.2) is 0 Å². The molecule has 64 valence electrons. The van der Waals surface area contributed by atoms with Crippen LogP contribution in [0, 0.1) is 0 Å². The van der Waals surface area contributed by atoms with Crippen molar-refractivity contribution in [2.24, 2.45) is 0 Å². The number of methoxy groups -OCH3 is 1. The summed E-state index contributed by atoms with van der Waals surface area (Å²) in [4.78, 5) is 0.